The van der Waals surface area contributed by atoms with E-state index in [9.17, 15) is 29.1 Å². The van der Waals surface area contributed by atoms with Gasteiger partial charge in [0.1, 0.15) is 24.4 Å². The number of likely N-dealkylation sites (tertiary alicyclic amines) is 1. The average Bonchev–Trinajstić information content (AvgIpc) is 3.26. The van der Waals surface area contributed by atoms with Crippen molar-refractivity contribution in [3.05, 3.63) is 29.8 Å². The summed E-state index contributed by atoms with van der Waals surface area (Å²) in [6.07, 6.45) is 0.467. The van der Waals surface area contributed by atoms with Gasteiger partial charge in [0.25, 0.3) is 0 Å². The van der Waals surface area contributed by atoms with Crippen LogP contribution in [0, 0.1) is 0 Å². The highest BCUT2D eigenvalue weighted by Gasteiger charge is 2.38. The number of carboxylic acid groups (broad SMARTS) is 2. The van der Waals surface area contributed by atoms with Gasteiger partial charge in [0.15, 0.2) is 0 Å². The zero-order valence-electron chi connectivity index (χ0n) is 17.9. The minimum absolute atomic E-state index is 0.0241. The summed E-state index contributed by atoms with van der Waals surface area (Å²) in [6, 6.07) is 2.87. The van der Waals surface area contributed by atoms with Gasteiger partial charge in [-0.05, 0) is 37.0 Å². The van der Waals surface area contributed by atoms with E-state index in [2.05, 4.69) is 10.6 Å². The van der Waals surface area contributed by atoms with E-state index in [1.54, 1.807) is 12.1 Å². The highest BCUT2D eigenvalue weighted by atomic mass is 16.4. The van der Waals surface area contributed by atoms with Gasteiger partial charge < -0.3 is 36.6 Å². The van der Waals surface area contributed by atoms with Gasteiger partial charge in [-0.1, -0.05) is 12.1 Å². The van der Waals surface area contributed by atoms with E-state index in [0.717, 1.165) is 0 Å². The first-order valence-corrected chi connectivity index (χ1v) is 10.4. The molecule has 33 heavy (non-hydrogen) atoms. The lowest BCUT2D eigenvalue weighted by Crippen LogP contribution is -2.56. The number of phenolic OH excluding ortho intramolecular Hbond substituents is 1. The van der Waals surface area contributed by atoms with Gasteiger partial charge in [0.2, 0.25) is 17.7 Å². The third-order valence-electron chi connectivity index (χ3n) is 5.25. The molecule has 1 aliphatic rings. The maximum atomic E-state index is 13.3. The number of benzene rings is 1. The van der Waals surface area contributed by atoms with E-state index < -0.39 is 54.3 Å². The van der Waals surface area contributed by atoms with Gasteiger partial charge in [-0.2, -0.15) is 0 Å². The van der Waals surface area contributed by atoms with E-state index in [-0.39, 0.29) is 31.6 Å². The fourth-order valence-electron chi connectivity index (χ4n) is 3.54. The molecule has 0 spiro atoms. The van der Waals surface area contributed by atoms with Gasteiger partial charge in [-0.25, -0.2) is 0 Å². The summed E-state index contributed by atoms with van der Waals surface area (Å²) in [6.45, 7) is -0.333. The summed E-state index contributed by atoms with van der Waals surface area (Å²) in [7, 11) is 0. The molecule has 0 radical (unpaired) electrons. The Morgan fingerprint density at radius 2 is 1.76 bits per heavy atom. The Hall–Kier alpha value is -3.67. The smallest absolute Gasteiger partial charge is 0.322 e. The van der Waals surface area contributed by atoms with E-state index in [4.69, 9.17) is 15.9 Å². The Morgan fingerprint density at radius 3 is 2.36 bits per heavy atom. The second-order valence-electron chi connectivity index (χ2n) is 7.77. The molecule has 1 heterocycles. The quantitative estimate of drug-likeness (QED) is 0.233. The maximum absolute atomic E-state index is 13.3. The normalized spacial score (nSPS) is 17.1. The van der Waals surface area contributed by atoms with Crippen molar-refractivity contribution in [2.75, 3.05) is 13.1 Å². The number of carbonyl (C=O) groups is 5. The Morgan fingerprint density at radius 1 is 1.09 bits per heavy atom. The lowest BCUT2D eigenvalue weighted by Gasteiger charge is -2.29. The molecule has 0 bridgehead atoms. The van der Waals surface area contributed by atoms with Crippen molar-refractivity contribution in [2.45, 2.75) is 50.2 Å². The number of nitrogens with zero attached hydrogens (tertiary/aromatic N) is 1. The van der Waals surface area contributed by atoms with Gasteiger partial charge in [-0.3, -0.25) is 24.0 Å². The lowest BCUT2D eigenvalue weighted by atomic mass is 10.0. The average molecular weight is 464 g/mol. The molecule has 0 saturated carbocycles. The van der Waals surface area contributed by atoms with Crippen LogP contribution in [0.1, 0.15) is 31.2 Å². The number of aromatic hydroxyl groups is 1. The molecule has 3 atom stereocenters. The molecule has 12 heteroatoms. The second-order valence-corrected chi connectivity index (χ2v) is 7.77. The molecule has 0 aliphatic carbocycles. The molecule has 1 saturated heterocycles. The first-order valence-electron chi connectivity index (χ1n) is 10.4. The SMILES string of the molecule is NC(CCC(=O)O)C(=O)NC(Cc1ccc(O)cc1)C(=O)N1CCCC1C(=O)NCC(=O)O. The largest absolute Gasteiger partial charge is 0.508 e. The first kappa shape index (κ1) is 25.6. The van der Waals surface area contributed by atoms with Crippen LogP contribution in [-0.4, -0.2) is 81.1 Å². The molecule has 7 N–H and O–H groups in total. The first-order chi connectivity index (χ1) is 15.6. The maximum Gasteiger partial charge on any atom is 0.322 e. The minimum atomic E-state index is -1.22. The van der Waals surface area contributed by atoms with Crippen LogP contribution < -0.4 is 16.4 Å². The number of hydrogen-bond acceptors (Lipinski definition) is 7. The topological polar surface area (TPSA) is 199 Å². The second kappa shape index (κ2) is 11.8. The summed E-state index contributed by atoms with van der Waals surface area (Å²) in [5.74, 6) is -4.16. The zero-order chi connectivity index (χ0) is 24.5. The monoisotopic (exact) mass is 464 g/mol. The molecular weight excluding hydrogens is 436 g/mol. The predicted molar refractivity (Wildman–Crippen MR) is 114 cm³/mol. The molecule has 3 unspecified atom stereocenters. The van der Waals surface area contributed by atoms with Gasteiger partial charge in [-0.15, -0.1) is 0 Å². The van der Waals surface area contributed by atoms with Crippen LogP contribution in [0.4, 0.5) is 0 Å². The van der Waals surface area contributed by atoms with Crippen LogP contribution in [0.5, 0.6) is 5.75 Å². The summed E-state index contributed by atoms with van der Waals surface area (Å²) >= 11 is 0. The summed E-state index contributed by atoms with van der Waals surface area (Å²) < 4.78 is 0. The van der Waals surface area contributed by atoms with Crippen molar-refractivity contribution >= 4 is 29.7 Å². The van der Waals surface area contributed by atoms with Crippen LogP contribution in [-0.2, 0) is 30.4 Å². The van der Waals surface area contributed by atoms with Gasteiger partial charge >= 0.3 is 11.9 Å². The number of carbonyl (C=O) groups excluding carboxylic acids is 3. The van der Waals surface area contributed by atoms with Crippen LogP contribution in [0.25, 0.3) is 0 Å². The molecular formula is C21H28N4O8. The Bertz CT molecular complexity index is 889. The number of nitrogens with one attached hydrogen (secondary N) is 2. The molecule has 1 aromatic rings. The fraction of sp³-hybridized carbons (Fsp3) is 0.476. The summed E-state index contributed by atoms with van der Waals surface area (Å²) in [5, 5.41) is 31.9. The molecule has 0 aromatic heterocycles. The van der Waals surface area contributed by atoms with E-state index in [0.29, 0.717) is 18.4 Å². The standard InChI is InChI=1S/C21H28N4O8/c22-14(7-8-17(27)28)19(31)24-15(10-12-3-5-13(26)6-4-12)21(33)25-9-1-2-16(25)20(32)23-11-18(29)30/h3-6,14-16,26H,1-2,7-11,22H2,(H,23,32)(H,24,31)(H,27,28)(H,29,30). The van der Waals surface area contributed by atoms with Crippen molar-refractivity contribution in [2.24, 2.45) is 5.73 Å². The van der Waals surface area contributed by atoms with Crippen LogP contribution in [0.2, 0.25) is 0 Å². The summed E-state index contributed by atoms with van der Waals surface area (Å²) in [5.41, 5.74) is 6.39. The van der Waals surface area contributed by atoms with Gasteiger partial charge in [0.05, 0.1) is 6.04 Å². The van der Waals surface area contributed by atoms with E-state index in [1.165, 1.54) is 17.0 Å². The Kier molecular flexibility index (Phi) is 9.16. The highest BCUT2D eigenvalue weighted by molar-refractivity contribution is 5.94. The number of aliphatic carboxylic acids is 2. The van der Waals surface area contributed by atoms with Crippen molar-refractivity contribution in [3.8, 4) is 5.75 Å². The molecule has 1 aliphatic heterocycles. The molecule has 12 nitrogen and oxygen atoms in total. The van der Waals surface area contributed by atoms with Crippen LogP contribution in [0.3, 0.4) is 0 Å². The number of amides is 3. The van der Waals surface area contributed by atoms with Crippen molar-refractivity contribution in [1.29, 1.82) is 0 Å². The molecule has 180 valence electrons. The van der Waals surface area contributed by atoms with Crippen molar-refractivity contribution in [1.82, 2.24) is 15.5 Å². The third-order valence-corrected chi connectivity index (χ3v) is 5.25. The number of hydrogen-bond donors (Lipinski definition) is 6. The highest BCUT2D eigenvalue weighted by Crippen LogP contribution is 2.20. The van der Waals surface area contributed by atoms with E-state index in [1.807, 2.05) is 0 Å². The molecule has 1 fully saturated rings. The lowest BCUT2D eigenvalue weighted by molar-refractivity contribution is -0.143. The number of carboxylic acids is 2. The van der Waals surface area contributed by atoms with Gasteiger partial charge in [0, 0.05) is 19.4 Å². The minimum Gasteiger partial charge on any atom is -0.508 e. The summed E-state index contributed by atoms with van der Waals surface area (Å²) in [4.78, 5) is 61.1. The van der Waals surface area contributed by atoms with E-state index >= 15 is 0 Å². The third kappa shape index (κ3) is 7.75. The van der Waals surface area contributed by atoms with Crippen LogP contribution in [0.15, 0.2) is 24.3 Å². The van der Waals surface area contributed by atoms with Crippen molar-refractivity contribution < 1.29 is 39.3 Å². The number of nitrogens with two attached hydrogens (primary N) is 1. The zero-order valence-corrected chi connectivity index (χ0v) is 17.9. The Balaban J connectivity index is 2.18. The predicted octanol–water partition coefficient (Wildman–Crippen LogP) is -1.20. The Labute approximate surface area is 189 Å². The molecule has 3 amide bonds. The molecule has 2 rings (SSSR count). The number of rotatable bonds is 11. The van der Waals surface area contributed by atoms with Crippen LogP contribution >= 0.6 is 0 Å². The van der Waals surface area contributed by atoms with Crippen molar-refractivity contribution in [3.63, 3.8) is 0 Å². The fourth-order valence-corrected chi connectivity index (χ4v) is 3.54. The number of phenols is 1. The molecule has 1 aromatic carbocycles.